The molecule has 0 saturated carbocycles. The molecule has 0 unspecified atom stereocenters. The maximum Gasteiger partial charge on any atom is -0.00201 e. The van der Waals surface area contributed by atoms with Crippen LogP contribution in [0, 0.1) is 13.8 Å². The summed E-state index contributed by atoms with van der Waals surface area (Å²) in [6.45, 7) is 4.40. The molecule has 0 saturated heterocycles. The second-order valence-electron chi connectivity index (χ2n) is 21.6. The van der Waals surface area contributed by atoms with E-state index in [-0.39, 0.29) is 0 Å². The number of aryl methyl sites for hydroxylation is 2. The van der Waals surface area contributed by atoms with Crippen LogP contribution in [0.3, 0.4) is 0 Å². The molecule has 0 aromatic heterocycles. The van der Waals surface area contributed by atoms with Crippen molar-refractivity contribution in [3.8, 4) is 89.0 Å². The maximum absolute atomic E-state index is 2.45. The molecule has 0 spiro atoms. The first-order valence-corrected chi connectivity index (χ1v) is 27.9. The van der Waals surface area contributed by atoms with Gasteiger partial charge < -0.3 is 0 Å². The fourth-order valence-electron chi connectivity index (χ4n) is 13.1. The highest BCUT2D eigenvalue weighted by molar-refractivity contribution is 6.24. The Labute approximate surface area is 467 Å². The summed E-state index contributed by atoms with van der Waals surface area (Å²) >= 11 is 0. The molecular formula is C80H54. The first-order chi connectivity index (χ1) is 39.5. The third-order valence-corrected chi connectivity index (χ3v) is 16.7. The van der Waals surface area contributed by atoms with E-state index >= 15 is 0 Å². The van der Waals surface area contributed by atoms with Crippen LogP contribution in [0.1, 0.15) is 11.1 Å². The zero-order chi connectivity index (χ0) is 53.3. The number of fused-ring (bicyclic) bond motifs is 6. The van der Waals surface area contributed by atoms with Crippen molar-refractivity contribution < 1.29 is 0 Å². The minimum Gasteiger partial charge on any atom is -0.0616 e. The molecule has 0 N–H and O–H groups in total. The lowest BCUT2D eigenvalue weighted by molar-refractivity contribution is 1.45. The zero-order valence-corrected chi connectivity index (χ0v) is 44.7. The molecule has 0 fully saturated rings. The second-order valence-corrected chi connectivity index (χ2v) is 21.6. The molecule has 0 heteroatoms. The third kappa shape index (κ3) is 7.99. The van der Waals surface area contributed by atoms with Gasteiger partial charge in [0.25, 0.3) is 0 Å². The summed E-state index contributed by atoms with van der Waals surface area (Å²) in [5.41, 5.74) is 21.9. The van der Waals surface area contributed by atoms with Crippen molar-refractivity contribution in [3.63, 3.8) is 0 Å². The molecule has 0 aliphatic heterocycles. The average Bonchev–Trinajstić information content (AvgIpc) is 3.59. The van der Waals surface area contributed by atoms with Crippen molar-refractivity contribution >= 4 is 64.6 Å². The van der Waals surface area contributed by atoms with Crippen molar-refractivity contribution in [2.75, 3.05) is 0 Å². The van der Waals surface area contributed by atoms with E-state index < -0.39 is 0 Å². The molecular weight excluding hydrogens is 961 g/mol. The minimum absolute atomic E-state index is 1.17. The summed E-state index contributed by atoms with van der Waals surface area (Å²) in [7, 11) is 0. The van der Waals surface area contributed by atoms with Gasteiger partial charge in [-0.15, -0.1) is 0 Å². The third-order valence-electron chi connectivity index (χ3n) is 16.7. The molecule has 80 heavy (non-hydrogen) atoms. The van der Waals surface area contributed by atoms with Crippen LogP contribution in [0.15, 0.2) is 291 Å². The van der Waals surface area contributed by atoms with E-state index in [0.717, 1.165) is 0 Å². The lowest BCUT2D eigenvalue weighted by Crippen LogP contribution is -1.95. The molecule has 15 rings (SSSR count). The van der Waals surface area contributed by atoms with Crippen LogP contribution in [0.25, 0.3) is 154 Å². The summed E-state index contributed by atoms with van der Waals surface area (Å²) in [6, 6.07) is 109. The van der Waals surface area contributed by atoms with Gasteiger partial charge in [0, 0.05) is 0 Å². The molecule has 0 heterocycles. The molecule has 374 valence electrons. The normalized spacial score (nSPS) is 11.6. The summed E-state index contributed by atoms with van der Waals surface area (Å²) in [4.78, 5) is 0. The van der Waals surface area contributed by atoms with Gasteiger partial charge in [-0.25, -0.2) is 0 Å². The first kappa shape index (κ1) is 47.1. The van der Waals surface area contributed by atoms with Crippen molar-refractivity contribution in [1.29, 1.82) is 0 Å². The van der Waals surface area contributed by atoms with Crippen LogP contribution in [0.5, 0.6) is 0 Å². The Bertz CT molecular complexity index is 4770. The highest BCUT2D eigenvalue weighted by Gasteiger charge is 2.23. The van der Waals surface area contributed by atoms with Crippen molar-refractivity contribution in [2.24, 2.45) is 0 Å². The Morgan fingerprint density at radius 1 is 0.163 bits per heavy atom. The monoisotopic (exact) mass is 1010 g/mol. The summed E-state index contributed by atoms with van der Waals surface area (Å²) in [6.07, 6.45) is 0. The molecule has 0 amide bonds. The maximum atomic E-state index is 2.45. The van der Waals surface area contributed by atoms with Crippen LogP contribution < -0.4 is 0 Å². The van der Waals surface area contributed by atoms with Crippen LogP contribution in [0.2, 0.25) is 0 Å². The molecule has 0 aliphatic rings. The van der Waals surface area contributed by atoms with Gasteiger partial charge in [-0.3, -0.25) is 0 Å². The van der Waals surface area contributed by atoms with Gasteiger partial charge in [0.2, 0.25) is 0 Å². The van der Waals surface area contributed by atoms with Gasteiger partial charge in [0.15, 0.2) is 0 Å². The fraction of sp³-hybridized carbons (Fsp3) is 0.0250. The van der Waals surface area contributed by atoms with E-state index in [2.05, 4.69) is 305 Å². The van der Waals surface area contributed by atoms with Gasteiger partial charge >= 0.3 is 0 Å². The van der Waals surface area contributed by atoms with E-state index in [1.807, 2.05) is 0 Å². The minimum atomic E-state index is 1.17. The number of benzene rings is 15. The summed E-state index contributed by atoms with van der Waals surface area (Å²) in [5.74, 6) is 0. The van der Waals surface area contributed by atoms with E-state index in [1.54, 1.807) is 0 Å². The highest BCUT2D eigenvalue weighted by Crippen LogP contribution is 2.50. The molecule has 0 aliphatic carbocycles. The van der Waals surface area contributed by atoms with E-state index in [4.69, 9.17) is 0 Å². The van der Waals surface area contributed by atoms with Gasteiger partial charge in [-0.1, -0.05) is 278 Å². The average molecular weight is 1020 g/mol. The quantitative estimate of drug-likeness (QED) is 0.133. The van der Waals surface area contributed by atoms with E-state index in [0.29, 0.717) is 0 Å². The molecule has 0 atom stereocenters. The van der Waals surface area contributed by atoms with Crippen LogP contribution in [0.4, 0.5) is 0 Å². The van der Waals surface area contributed by atoms with Crippen molar-refractivity contribution in [3.05, 3.63) is 302 Å². The Balaban J connectivity index is 0.918. The van der Waals surface area contributed by atoms with Gasteiger partial charge in [-0.05, 0) is 192 Å². The molecule has 0 nitrogen and oxygen atoms in total. The Hall–Kier alpha value is -10.1. The summed E-state index contributed by atoms with van der Waals surface area (Å²) in [5, 5.41) is 15.0. The number of hydrogen-bond acceptors (Lipinski definition) is 0. The SMILES string of the molecule is Cc1cccc(-c2cc(-c3ccc(-c4c5ccccc5c(-c5cccc6ccccc56)c5ccccc45)cc3)cc(-c3cccc(C)c3)c2-c2cccc(-c3c4ccccc4c(-c4ccc5ccccc5c4)c4ccccc34)c2)c1. The Morgan fingerprint density at radius 3 is 1.05 bits per heavy atom. The Kier molecular flexibility index (Phi) is 11.4. The predicted octanol–water partition coefficient (Wildman–Crippen LogP) is 22.6. The Morgan fingerprint density at radius 2 is 0.525 bits per heavy atom. The van der Waals surface area contributed by atoms with Crippen molar-refractivity contribution in [1.82, 2.24) is 0 Å². The standard InChI is InChI=1S/C80H54/c1-51-19-15-25-58(45-51)74-49-63(54-39-42-56(43-40-54)76-70-34-11-13-36-72(70)80(73-37-14-12-35-71(73)76)65-38-18-24-55-22-5-6-29-64(55)65)50-75(59-26-16-20-52(2)46-59)79(74)61-28-17-27-60(48-61)77-66-30-7-9-32-68(66)78(69-33-10-8-31-67(69)77)62-44-41-53-21-3-4-23-57(53)47-62/h3-50H,1-2H3. The largest absolute Gasteiger partial charge is 0.0616 e. The smallest absolute Gasteiger partial charge is 0.00201 e. The van der Waals surface area contributed by atoms with Crippen LogP contribution in [-0.4, -0.2) is 0 Å². The van der Waals surface area contributed by atoms with Gasteiger partial charge in [0.1, 0.15) is 0 Å². The van der Waals surface area contributed by atoms with Crippen molar-refractivity contribution in [2.45, 2.75) is 13.8 Å². The number of rotatable bonds is 8. The molecule has 15 aromatic rings. The van der Waals surface area contributed by atoms with E-state index in [1.165, 1.54) is 165 Å². The highest BCUT2D eigenvalue weighted by atomic mass is 14.3. The van der Waals surface area contributed by atoms with E-state index in [9.17, 15) is 0 Å². The first-order valence-electron chi connectivity index (χ1n) is 27.9. The molecule has 0 radical (unpaired) electrons. The van der Waals surface area contributed by atoms with Crippen LogP contribution >= 0.6 is 0 Å². The summed E-state index contributed by atoms with van der Waals surface area (Å²) < 4.78 is 0. The van der Waals surface area contributed by atoms with Gasteiger partial charge in [0.05, 0.1) is 0 Å². The molecule has 0 bridgehead atoms. The van der Waals surface area contributed by atoms with Gasteiger partial charge in [-0.2, -0.15) is 0 Å². The van der Waals surface area contributed by atoms with Crippen LogP contribution in [-0.2, 0) is 0 Å². The molecule has 15 aromatic carbocycles. The lowest BCUT2D eigenvalue weighted by atomic mass is 9.82. The fourth-order valence-corrected chi connectivity index (χ4v) is 13.1. The number of hydrogen-bond donors (Lipinski definition) is 0. The zero-order valence-electron chi connectivity index (χ0n) is 44.7. The predicted molar refractivity (Wildman–Crippen MR) is 344 cm³/mol. The topological polar surface area (TPSA) is 0 Å². The second kappa shape index (κ2) is 19.4. The lowest BCUT2D eigenvalue weighted by Gasteiger charge is -2.21.